The summed E-state index contributed by atoms with van der Waals surface area (Å²) in [6.07, 6.45) is 2.36. The molecule has 2 N–H and O–H groups in total. The van der Waals surface area contributed by atoms with E-state index in [-0.39, 0.29) is 11.7 Å². The number of rotatable bonds is 4. The molecule has 0 fully saturated rings. The van der Waals surface area contributed by atoms with Crippen LogP contribution in [-0.4, -0.2) is 36.3 Å². The Hall–Kier alpha value is -1.63. The topological polar surface area (TPSA) is 91.9 Å². The molecule has 0 radical (unpaired) electrons. The van der Waals surface area contributed by atoms with Gasteiger partial charge in [0.1, 0.15) is 0 Å². The standard InChI is InChI=1S/C12H17N3O3S/c1-8-9(2)14-15-11(8)3-4-12(16)13-10-5-6-19(17,18)7-10/h5-6,10H,3-4,7H2,1-2H3,(H,13,16)(H,14,15)/t10-/m1/s1. The number of carbonyl (C=O) groups is 1. The van der Waals surface area contributed by atoms with Gasteiger partial charge in [0.2, 0.25) is 5.91 Å². The lowest BCUT2D eigenvalue weighted by Gasteiger charge is -2.09. The second kappa shape index (κ2) is 5.16. The molecule has 0 saturated carbocycles. The molecule has 1 aliphatic heterocycles. The summed E-state index contributed by atoms with van der Waals surface area (Å²) in [7, 11) is -3.12. The highest BCUT2D eigenvalue weighted by molar-refractivity contribution is 7.94. The normalized spacial score (nSPS) is 20.6. The number of hydrogen-bond acceptors (Lipinski definition) is 4. The predicted octanol–water partition coefficient (Wildman–Crippen LogP) is 0.386. The Morgan fingerprint density at radius 3 is 2.79 bits per heavy atom. The molecule has 2 heterocycles. The Kier molecular flexibility index (Phi) is 3.75. The number of nitrogens with zero attached hydrogens (tertiary/aromatic N) is 1. The summed E-state index contributed by atoms with van der Waals surface area (Å²) >= 11 is 0. The fraction of sp³-hybridized carbons (Fsp3) is 0.500. The molecule has 1 aromatic heterocycles. The van der Waals surface area contributed by atoms with Gasteiger partial charge in [-0.15, -0.1) is 0 Å². The van der Waals surface area contributed by atoms with E-state index in [4.69, 9.17) is 0 Å². The van der Waals surface area contributed by atoms with Crippen molar-refractivity contribution in [2.45, 2.75) is 32.7 Å². The van der Waals surface area contributed by atoms with Crippen LogP contribution >= 0.6 is 0 Å². The number of hydrogen-bond donors (Lipinski definition) is 2. The van der Waals surface area contributed by atoms with Crippen LogP contribution in [0.2, 0.25) is 0 Å². The largest absolute Gasteiger partial charge is 0.349 e. The maximum atomic E-state index is 11.7. The van der Waals surface area contributed by atoms with Crippen molar-refractivity contribution in [1.82, 2.24) is 15.5 Å². The molecular weight excluding hydrogens is 266 g/mol. The average molecular weight is 283 g/mol. The smallest absolute Gasteiger partial charge is 0.220 e. The minimum absolute atomic E-state index is 0.0424. The lowest BCUT2D eigenvalue weighted by molar-refractivity contribution is -0.121. The molecule has 0 spiro atoms. The van der Waals surface area contributed by atoms with Crippen molar-refractivity contribution >= 4 is 15.7 Å². The van der Waals surface area contributed by atoms with Gasteiger partial charge in [-0.25, -0.2) is 8.42 Å². The quantitative estimate of drug-likeness (QED) is 0.836. The number of aromatic nitrogens is 2. The van der Waals surface area contributed by atoms with Crippen molar-refractivity contribution in [1.29, 1.82) is 0 Å². The highest BCUT2D eigenvalue weighted by Crippen LogP contribution is 2.11. The molecule has 1 aliphatic rings. The van der Waals surface area contributed by atoms with E-state index < -0.39 is 15.9 Å². The van der Waals surface area contributed by atoms with Gasteiger partial charge in [-0.05, 0) is 25.5 Å². The van der Waals surface area contributed by atoms with Gasteiger partial charge in [-0.2, -0.15) is 5.10 Å². The SMILES string of the molecule is Cc1[nH]nc(CCC(=O)N[C@@H]2C=CS(=O)(=O)C2)c1C. The Morgan fingerprint density at radius 2 is 2.26 bits per heavy atom. The van der Waals surface area contributed by atoms with Gasteiger partial charge in [0.25, 0.3) is 0 Å². The fourth-order valence-corrected chi connectivity index (χ4v) is 3.19. The molecule has 0 aliphatic carbocycles. The van der Waals surface area contributed by atoms with Crippen molar-refractivity contribution in [3.8, 4) is 0 Å². The van der Waals surface area contributed by atoms with Gasteiger partial charge in [-0.3, -0.25) is 9.89 Å². The maximum Gasteiger partial charge on any atom is 0.220 e. The van der Waals surface area contributed by atoms with E-state index in [2.05, 4.69) is 15.5 Å². The van der Waals surface area contributed by atoms with E-state index in [0.717, 1.165) is 22.4 Å². The van der Waals surface area contributed by atoms with Gasteiger partial charge in [0.15, 0.2) is 9.84 Å². The van der Waals surface area contributed by atoms with Crippen molar-refractivity contribution in [2.24, 2.45) is 0 Å². The van der Waals surface area contributed by atoms with E-state index >= 15 is 0 Å². The van der Waals surface area contributed by atoms with E-state index in [1.165, 1.54) is 6.08 Å². The zero-order valence-electron chi connectivity index (χ0n) is 10.9. The molecule has 7 heteroatoms. The first-order valence-corrected chi connectivity index (χ1v) is 7.80. The van der Waals surface area contributed by atoms with Gasteiger partial charge >= 0.3 is 0 Å². The van der Waals surface area contributed by atoms with Gasteiger partial charge in [-0.1, -0.05) is 0 Å². The van der Waals surface area contributed by atoms with Gasteiger partial charge < -0.3 is 5.32 Å². The lowest BCUT2D eigenvalue weighted by Crippen LogP contribution is -2.35. The second-order valence-electron chi connectivity index (χ2n) is 4.75. The van der Waals surface area contributed by atoms with Gasteiger partial charge in [0, 0.05) is 23.9 Å². The first-order chi connectivity index (χ1) is 8.87. The Labute approximate surface area is 112 Å². The highest BCUT2D eigenvalue weighted by atomic mass is 32.2. The molecule has 2 rings (SSSR count). The molecule has 0 bridgehead atoms. The first kappa shape index (κ1) is 13.8. The van der Waals surface area contributed by atoms with Crippen LogP contribution < -0.4 is 5.32 Å². The molecule has 1 amide bonds. The van der Waals surface area contributed by atoms with Crippen molar-refractivity contribution < 1.29 is 13.2 Å². The van der Waals surface area contributed by atoms with Crippen LogP contribution in [-0.2, 0) is 21.1 Å². The molecule has 0 unspecified atom stereocenters. The van der Waals surface area contributed by atoms with E-state index in [1.54, 1.807) is 0 Å². The summed E-state index contributed by atoms with van der Waals surface area (Å²) in [4.78, 5) is 11.7. The molecule has 6 nitrogen and oxygen atoms in total. The monoisotopic (exact) mass is 283 g/mol. The number of H-pyrrole nitrogens is 1. The predicted molar refractivity (Wildman–Crippen MR) is 71.2 cm³/mol. The zero-order chi connectivity index (χ0) is 14.0. The number of aromatic amines is 1. The Morgan fingerprint density at radius 1 is 1.53 bits per heavy atom. The minimum atomic E-state index is -3.12. The van der Waals surface area contributed by atoms with Crippen LogP contribution in [0.3, 0.4) is 0 Å². The molecule has 104 valence electrons. The van der Waals surface area contributed by atoms with Crippen LogP contribution in [0.15, 0.2) is 11.5 Å². The van der Waals surface area contributed by atoms with Crippen LogP contribution in [0.5, 0.6) is 0 Å². The number of carbonyl (C=O) groups excluding carboxylic acids is 1. The number of sulfone groups is 1. The number of nitrogens with one attached hydrogen (secondary N) is 2. The molecule has 1 atom stereocenters. The molecular formula is C12H17N3O3S. The summed E-state index contributed by atoms with van der Waals surface area (Å²) in [5, 5.41) is 10.8. The third kappa shape index (κ3) is 3.44. The molecule has 19 heavy (non-hydrogen) atoms. The third-order valence-corrected chi connectivity index (χ3v) is 4.61. The van der Waals surface area contributed by atoms with E-state index in [0.29, 0.717) is 12.8 Å². The minimum Gasteiger partial charge on any atom is -0.349 e. The molecule has 0 aromatic carbocycles. The van der Waals surface area contributed by atoms with Crippen molar-refractivity contribution in [3.63, 3.8) is 0 Å². The van der Waals surface area contributed by atoms with Crippen molar-refractivity contribution in [3.05, 3.63) is 28.4 Å². The fourth-order valence-electron chi connectivity index (χ4n) is 1.96. The van der Waals surface area contributed by atoms with E-state index in [9.17, 15) is 13.2 Å². The van der Waals surface area contributed by atoms with Gasteiger partial charge in [0.05, 0.1) is 17.5 Å². The maximum absolute atomic E-state index is 11.7. The summed E-state index contributed by atoms with van der Waals surface area (Å²) < 4.78 is 22.4. The van der Waals surface area contributed by atoms with E-state index in [1.807, 2.05) is 13.8 Å². The summed E-state index contributed by atoms with van der Waals surface area (Å²) in [5.74, 6) is -0.203. The van der Waals surface area contributed by atoms with Crippen LogP contribution in [0, 0.1) is 13.8 Å². The Balaban J connectivity index is 1.83. The molecule has 1 aromatic rings. The summed E-state index contributed by atoms with van der Waals surface area (Å²) in [6, 6.07) is -0.403. The second-order valence-corrected chi connectivity index (χ2v) is 6.68. The van der Waals surface area contributed by atoms with Crippen LogP contribution in [0.1, 0.15) is 23.4 Å². The first-order valence-electron chi connectivity index (χ1n) is 6.08. The third-order valence-electron chi connectivity index (χ3n) is 3.22. The van der Waals surface area contributed by atoms with Crippen LogP contribution in [0.4, 0.5) is 0 Å². The van der Waals surface area contributed by atoms with Crippen LogP contribution in [0.25, 0.3) is 0 Å². The zero-order valence-corrected chi connectivity index (χ0v) is 11.8. The number of aryl methyl sites for hydroxylation is 2. The molecule has 0 saturated heterocycles. The number of amides is 1. The summed E-state index contributed by atoms with van der Waals surface area (Å²) in [5.41, 5.74) is 2.94. The lowest BCUT2D eigenvalue weighted by atomic mass is 10.1. The summed E-state index contributed by atoms with van der Waals surface area (Å²) in [6.45, 7) is 3.89. The Bertz CT molecular complexity index is 616. The van der Waals surface area contributed by atoms with Crippen molar-refractivity contribution in [2.75, 3.05) is 5.75 Å². The average Bonchev–Trinajstić information content (AvgIpc) is 2.82. The highest BCUT2D eigenvalue weighted by Gasteiger charge is 2.22.